The Labute approximate surface area is 106 Å². The van der Waals surface area contributed by atoms with E-state index in [1.807, 2.05) is 24.6 Å². The maximum absolute atomic E-state index is 11.1. The van der Waals surface area contributed by atoms with Crippen LogP contribution in [-0.2, 0) is 4.74 Å². The molecule has 0 aromatic rings. The molecule has 0 saturated carbocycles. The monoisotopic (exact) mass is 266 g/mol. The Bertz CT molecular complexity index is 180. The fourth-order valence-electron chi connectivity index (χ4n) is 0.859. The summed E-state index contributed by atoms with van der Waals surface area (Å²) in [5, 5.41) is 5.96. The molecule has 0 fully saturated rings. The Morgan fingerprint density at radius 1 is 1.25 bits per heavy atom. The molecule has 16 heavy (non-hydrogen) atoms. The summed E-state index contributed by atoms with van der Waals surface area (Å²) in [5.74, 6) is 2.00. The molecule has 0 unspecified atom stereocenters. The van der Waals surface area contributed by atoms with Gasteiger partial charge in [0.05, 0.1) is 6.10 Å². The molecule has 0 aromatic carbocycles. The summed E-state index contributed by atoms with van der Waals surface area (Å²) in [5.41, 5.74) is 0. The molecule has 1 amide bonds. The van der Waals surface area contributed by atoms with Gasteiger partial charge in [0.25, 0.3) is 0 Å². The third kappa shape index (κ3) is 12.0. The number of alkyl carbamates (subject to hydrolysis) is 1. The SMILES string of the molecule is CCNCCSSCCNC(=O)OC(C)C. The fraction of sp³-hybridized carbons (Fsp3) is 0.900. The van der Waals surface area contributed by atoms with Crippen LogP contribution < -0.4 is 10.6 Å². The van der Waals surface area contributed by atoms with E-state index in [0.29, 0.717) is 6.54 Å². The first-order valence-electron chi connectivity index (χ1n) is 5.56. The van der Waals surface area contributed by atoms with Crippen molar-refractivity contribution in [2.24, 2.45) is 0 Å². The van der Waals surface area contributed by atoms with E-state index < -0.39 is 0 Å². The molecule has 0 bridgehead atoms. The summed E-state index contributed by atoms with van der Waals surface area (Å²) in [4.78, 5) is 11.1. The maximum Gasteiger partial charge on any atom is 0.407 e. The van der Waals surface area contributed by atoms with E-state index in [1.54, 1.807) is 10.8 Å². The first-order chi connectivity index (χ1) is 7.66. The number of nitrogens with one attached hydrogen (secondary N) is 2. The number of amides is 1. The van der Waals surface area contributed by atoms with Crippen molar-refractivity contribution in [2.75, 3.05) is 31.1 Å². The summed E-state index contributed by atoms with van der Waals surface area (Å²) in [6, 6.07) is 0. The Morgan fingerprint density at radius 2 is 1.88 bits per heavy atom. The lowest BCUT2D eigenvalue weighted by Gasteiger charge is -2.08. The van der Waals surface area contributed by atoms with Crippen LogP contribution in [0.4, 0.5) is 4.79 Å². The van der Waals surface area contributed by atoms with Crippen molar-refractivity contribution in [3.8, 4) is 0 Å². The molecule has 0 aromatic heterocycles. The lowest BCUT2D eigenvalue weighted by molar-refractivity contribution is 0.116. The minimum absolute atomic E-state index is 0.0536. The van der Waals surface area contributed by atoms with Crippen molar-refractivity contribution in [1.82, 2.24) is 10.6 Å². The van der Waals surface area contributed by atoms with Crippen molar-refractivity contribution >= 4 is 27.7 Å². The van der Waals surface area contributed by atoms with Crippen LogP contribution in [0.2, 0.25) is 0 Å². The van der Waals surface area contributed by atoms with E-state index in [1.165, 1.54) is 0 Å². The molecule has 0 rings (SSSR count). The fourth-order valence-corrected chi connectivity index (χ4v) is 2.71. The van der Waals surface area contributed by atoms with Crippen LogP contribution in [0.5, 0.6) is 0 Å². The zero-order chi connectivity index (χ0) is 12.2. The van der Waals surface area contributed by atoms with Gasteiger partial charge in [-0.1, -0.05) is 28.5 Å². The quantitative estimate of drug-likeness (QED) is 0.494. The first-order valence-corrected chi connectivity index (χ1v) is 8.05. The normalized spacial score (nSPS) is 10.5. The topological polar surface area (TPSA) is 50.4 Å². The molecule has 4 nitrogen and oxygen atoms in total. The van der Waals surface area contributed by atoms with E-state index >= 15 is 0 Å². The van der Waals surface area contributed by atoms with Gasteiger partial charge in [-0.2, -0.15) is 0 Å². The highest BCUT2D eigenvalue weighted by Gasteiger charge is 2.02. The Morgan fingerprint density at radius 3 is 2.44 bits per heavy atom. The highest BCUT2D eigenvalue weighted by molar-refractivity contribution is 8.76. The summed E-state index contributed by atoms with van der Waals surface area (Å²) in [6.07, 6.45) is -0.379. The van der Waals surface area contributed by atoms with Crippen LogP contribution in [0, 0.1) is 0 Å². The molecule has 0 aliphatic heterocycles. The molecule has 2 N–H and O–H groups in total. The lowest BCUT2D eigenvalue weighted by Crippen LogP contribution is -2.28. The number of ether oxygens (including phenoxy) is 1. The van der Waals surface area contributed by atoms with Crippen molar-refractivity contribution in [1.29, 1.82) is 0 Å². The van der Waals surface area contributed by atoms with Gasteiger partial charge in [0.2, 0.25) is 0 Å². The molecular formula is C10H22N2O2S2. The predicted molar refractivity (Wildman–Crippen MR) is 73.1 cm³/mol. The Hall–Kier alpha value is -0.0700. The van der Waals surface area contributed by atoms with Gasteiger partial charge in [-0.3, -0.25) is 0 Å². The number of hydrogen-bond donors (Lipinski definition) is 2. The summed E-state index contributed by atoms with van der Waals surface area (Å²) >= 11 is 0. The highest BCUT2D eigenvalue weighted by Crippen LogP contribution is 2.19. The van der Waals surface area contributed by atoms with Gasteiger partial charge < -0.3 is 15.4 Å². The van der Waals surface area contributed by atoms with Crippen LogP contribution in [0.25, 0.3) is 0 Å². The van der Waals surface area contributed by atoms with Gasteiger partial charge in [0.1, 0.15) is 0 Å². The van der Waals surface area contributed by atoms with Gasteiger partial charge in [0, 0.05) is 24.6 Å². The van der Waals surface area contributed by atoms with Gasteiger partial charge in [0.15, 0.2) is 0 Å². The van der Waals surface area contributed by atoms with Crippen molar-refractivity contribution < 1.29 is 9.53 Å². The molecule has 6 heteroatoms. The van der Waals surface area contributed by atoms with Gasteiger partial charge in [-0.25, -0.2) is 4.79 Å². The smallest absolute Gasteiger partial charge is 0.407 e. The third-order valence-electron chi connectivity index (χ3n) is 1.49. The Kier molecular flexibility index (Phi) is 11.4. The molecular weight excluding hydrogens is 244 g/mol. The zero-order valence-electron chi connectivity index (χ0n) is 10.2. The van der Waals surface area contributed by atoms with E-state index in [2.05, 4.69) is 17.6 Å². The molecule has 0 radical (unpaired) electrons. The zero-order valence-corrected chi connectivity index (χ0v) is 11.9. The van der Waals surface area contributed by atoms with E-state index in [-0.39, 0.29) is 12.2 Å². The summed E-state index contributed by atoms with van der Waals surface area (Å²) in [6.45, 7) is 8.49. The molecule has 96 valence electrons. The van der Waals surface area contributed by atoms with Crippen LogP contribution in [0.1, 0.15) is 20.8 Å². The second-order valence-corrected chi connectivity index (χ2v) is 6.08. The number of carbonyl (C=O) groups excluding carboxylic acids is 1. The molecule has 0 spiro atoms. The van der Waals surface area contributed by atoms with Crippen LogP contribution in [-0.4, -0.2) is 43.3 Å². The Balaban J connectivity index is 3.11. The van der Waals surface area contributed by atoms with Gasteiger partial charge in [-0.05, 0) is 20.4 Å². The molecule has 0 heterocycles. The lowest BCUT2D eigenvalue weighted by atomic mass is 10.5. The highest BCUT2D eigenvalue weighted by atomic mass is 33.1. The number of hydrogen-bond acceptors (Lipinski definition) is 5. The minimum atomic E-state index is -0.326. The van der Waals surface area contributed by atoms with Crippen molar-refractivity contribution in [3.63, 3.8) is 0 Å². The summed E-state index contributed by atoms with van der Waals surface area (Å²) in [7, 11) is 3.59. The largest absolute Gasteiger partial charge is 0.447 e. The number of rotatable bonds is 9. The second kappa shape index (κ2) is 11.4. The average molecular weight is 266 g/mol. The van der Waals surface area contributed by atoms with E-state index in [9.17, 15) is 4.79 Å². The van der Waals surface area contributed by atoms with E-state index in [0.717, 1.165) is 24.6 Å². The molecule has 0 aliphatic carbocycles. The van der Waals surface area contributed by atoms with Crippen molar-refractivity contribution in [3.05, 3.63) is 0 Å². The first kappa shape index (κ1) is 15.9. The maximum atomic E-state index is 11.1. The van der Waals surface area contributed by atoms with Gasteiger partial charge in [-0.15, -0.1) is 0 Å². The van der Waals surface area contributed by atoms with Crippen LogP contribution in [0.3, 0.4) is 0 Å². The second-order valence-electron chi connectivity index (χ2n) is 3.38. The molecule has 0 atom stereocenters. The predicted octanol–water partition coefficient (Wildman–Crippen LogP) is 2.11. The van der Waals surface area contributed by atoms with E-state index in [4.69, 9.17) is 4.74 Å². The molecule has 0 aliphatic rings. The molecule has 0 saturated heterocycles. The van der Waals surface area contributed by atoms with Crippen LogP contribution >= 0.6 is 21.6 Å². The standard InChI is InChI=1S/C10H22N2O2S2/c1-4-11-5-7-15-16-8-6-12-10(13)14-9(2)3/h9,11H,4-8H2,1-3H3,(H,12,13). The third-order valence-corrected chi connectivity index (χ3v) is 3.90. The summed E-state index contributed by atoms with van der Waals surface area (Å²) < 4.78 is 4.93. The van der Waals surface area contributed by atoms with Gasteiger partial charge >= 0.3 is 6.09 Å². The average Bonchev–Trinajstić information content (AvgIpc) is 2.21. The van der Waals surface area contributed by atoms with Crippen molar-refractivity contribution in [2.45, 2.75) is 26.9 Å². The number of carbonyl (C=O) groups is 1. The van der Waals surface area contributed by atoms with Crippen LogP contribution in [0.15, 0.2) is 0 Å². The minimum Gasteiger partial charge on any atom is -0.447 e.